The van der Waals surface area contributed by atoms with Crippen LogP contribution in [0.2, 0.25) is 0 Å². The summed E-state index contributed by atoms with van der Waals surface area (Å²) in [4.78, 5) is 0.334. The lowest BCUT2D eigenvalue weighted by Gasteiger charge is -2.22. The smallest absolute Gasteiger partial charge is 0.207 e. The van der Waals surface area contributed by atoms with Crippen molar-refractivity contribution in [3.8, 4) is 5.69 Å². The van der Waals surface area contributed by atoms with Crippen LogP contribution in [0.5, 0.6) is 0 Å². The number of aryl methyl sites for hydroxylation is 1. The molecule has 1 aliphatic rings. The lowest BCUT2D eigenvalue weighted by atomic mass is 10.2. The maximum atomic E-state index is 12.9. The SMILES string of the molecule is CCCN(CC1CC1)S(=O)(=O)c1ccc(-n2cnnn2)c(C)c1. The molecule has 7 nitrogen and oxygen atoms in total. The van der Waals surface area contributed by atoms with Gasteiger partial charge in [-0.25, -0.2) is 13.1 Å². The summed E-state index contributed by atoms with van der Waals surface area (Å²) in [5, 5.41) is 11.1. The van der Waals surface area contributed by atoms with E-state index >= 15 is 0 Å². The summed E-state index contributed by atoms with van der Waals surface area (Å²) in [5.41, 5.74) is 1.60. The molecule has 8 heteroatoms. The van der Waals surface area contributed by atoms with Gasteiger partial charge in [0.25, 0.3) is 0 Å². The Balaban J connectivity index is 1.91. The molecule has 0 saturated heterocycles. The first-order valence-electron chi connectivity index (χ1n) is 7.86. The average molecular weight is 335 g/mol. The van der Waals surface area contributed by atoms with Crippen LogP contribution in [0.3, 0.4) is 0 Å². The number of aromatic nitrogens is 4. The largest absolute Gasteiger partial charge is 0.243 e. The van der Waals surface area contributed by atoms with Gasteiger partial charge in [0.05, 0.1) is 10.6 Å². The number of hydrogen-bond donors (Lipinski definition) is 0. The van der Waals surface area contributed by atoms with Crippen molar-refractivity contribution in [3.05, 3.63) is 30.1 Å². The Kier molecular flexibility index (Phi) is 4.45. The average Bonchev–Trinajstić information content (AvgIpc) is 3.18. The van der Waals surface area contributed by atoms with Crippen LogP contribution in [-0.4, -0.2) is 46.0 Å². The predicted molar refractivity (Wildman–Crippen MR) is 85.7 cm³/mol. The van der Waals surface area contributed by atoms with Gasteiger partial charge in [0.2, 0.25) is 10.0 Å². The first kappa shape index (κ1) is 16.1. The molecule has 0 amide bonds. The highest BCUT2D eigenvalue weighted by atomic mass is 32.2. The number of tetrazole rings is 1. The van der Waals surface area contributed by atoms with Gasteiger partial charge in [-0.1, -0.05) is 6.92 Å². The van der Waals surface area contributed by atoms with E-state index in [2.05, 4.69) is 15.5 Å². The molecule has 3 rings (SSSR count). The second-order valence-corrected chi connectivity index (χ2v) is 7.95. The van der Waals surface area contributed by atoms with Gasteiger partial charge in [-0.3, -0.25) is 0 Å². The fourth-order valence-electron chi connectivity index (χ4n) is 2.61. The van der Waals surface area contributed by atoms with Gasteiger partial charge in [0, 0.05) is 13.1 Å². The lowest BCUT2D eigenvalue weighted by Crippen LogP contribution is -2.33. The summed E-state index contributed by atoms with van der Waals surface area (Å²) in [6.07, 6.45) is 4.57. The molecular weight excluding hydrogens is 314 g/mol. The van der Waals surface area contributed by atoms with Gasteiger partial charge in [0.1, 0.15) is 6.33 Å². The standard InChI is InChI=1S/C15H21N5O2S/c1-3-8-19(10-13-4-5-13)23(21,22)14-6-7-15(12(2)9-14)20-11-16-17-18-20/h6-7,9,11,13H,3-5,8,10H2,1-2H3. The molecule has 124 valence electrons. The molecule has 1 heterocycles. The Morgan fingerprint density at radius 2 is 2.13 bits per heavy atom. The first-order valence-corrected chi connectivity index (χ1v) is 9.30. The molecular formula is C15H21N5O2S. The fourth-order valence-corrected chi connectivity index (χ4v) is 4.31. The first-order chi connectivity index (χ1) is 11.0. The number of nitrogens with zero attached hydrogens (tertiary/aromatic N) is 5. The molecule has 1 fully saturated rings. The van der Waals surface area contributed by atoms with E-state index in [4.69, 9.17) is 0 Å². The minimum atomic E-state index is -3.45. The molecule has 0 spiro atoms. The molecule has 0 unspecified atom stereocenters. The van der Waals surface area contributed by atoms with Crippen molar-refractivity contribution in [1.82, 2.24) is 24.5 Å². The zero-order valence-electron chi connectivity index (χ0n) is 13.4. The third kappa shape index (κ3) is 3.42. The molecule has 1 saturated carbocycles. The van der Waals surface area contributed by atoms with Gasteiger partial charge in [0.15, 0.2) is 0 Å². The Hall–Kier alpha value is -1.80. The Morgan fingerprint density at radius 3 is 2.70 bits per heavy atom. The quantitative estimate of drug-likeness (QED) is 0.770. The van der Waals surface area contributed by atoms with Crippen LogP contribution in [0.1, 0.15) is 31.7 Å². The normalized spacial score (nSPS) is 15.3. The van der Waals surface area contributed by atoms with E-state index in [0.29, 0.717) is 23.9 Å². The zero-order valence-corrected chi connectivity index (χ0v) is 14.2. The summed E-state index contributed by atoms with van der Waals surface area (Å²) >= 11 is 0. The maximum Gasteiger partial charge on any atom is 0.243 e. The van der Waals surface area contributed by atoms with Crippen molar-refractivity contribution in [2.45, 2.75) is 38.0 Å². The van der Waals surface area contributed by atoms with Crippen molar-refractivity contribution in [1.29, 1.82) is 0 Å². The van der Waals surface area contributed by atoms with Crippen LogP contribution in [-0.2, 0) is 10.0 Å². The van der Waals surface area contributed by atoms with Crippen molar-refractivity contribution >= 4 is 10.0 Å². The van der Waals surface area contributed by atoms with E-state index in [9.17, 15) is 8.42 Å². The van der Waals surface area contributed by atoms with Crippen LogP contribution < -0.4 is 0 Å². The lowest BCUT2D eigenvalue weighted by molar-refractivity contribution is 0.395. The Labute approximate surface area is 136 Å². The minimum absolute atomic E-state index is 0.334. The summed E-state index contributed by atoms with van der Waals surface area (Å²) in [5.74, 6) is 0.526. The molecule has 1 aromatic heterocycles. The summed E-state index contributed by atoms with van der Waals surface area (Å²) < 4.78 is 29.0. The molecule has 1 aromatic carbocycles. The topological polar surface area (TPSA) is 81.0 Å². The van der Waals surface area contributed by atoms with E-state index in [0.717, 1.165) is 30.5 Å². The van der Waals surface area contributed by atoms with Gasteiger partial charge < -0.3 is 0 Å². The fraction of sp³-hybridized carbons (Fsp3) is 0.533. The zero-order chi connectivity index (χ0) is 16.4. The van der Waals surface area contributed by atoms with Crippen LogP contribution in [0.15, 0.2) is 29.4 Å². The number of benzene rings is 1. The van der Waals surface area contributed by atoms with Crippen molar-refractivity contribution < 1.29 is 8.42 Å². The van der Waals surface area contributed by atoms with Crippen LogP contribution in [0.25, 0.3) is 5.69 Å². The highest BCUT2D eigenvalue weighted by Gasteiger charge is 2.31. The molecule has 0 atom stereocenters. The second kappa shape index (κ2) is 6.37. The molecule has 0 N–H and O–H groups in total. The van der Waals surface area contributed by atoms with Crippen LogP contribution >= 0.6 is 0 Å². The summed E-state index contributed by atoms with van der Waals surface area (Å²) in [6, 6.07) is 5.08. The summed E-state index contributed by atoms with van der Waals surface area (Å²) in [6.45, 7) is 5.05. The highest BCUT2D eigenvalue weighted by Crippen LogP contribution is 2.32. The molecule has 2 aromatic rings. The van der Waals surface area contributed by atoms with Crippen LogP contribution in [0.4, 0.5) is 0 Å². The molecule has 0 bridgehead atoms. The number of sulfonamides is 1. The maximum absolute atomic E-state index is 12.9. The third-order valence-electron chi connectivity index (χ3n) is 4.03. The van der Waals surface area contributed by atoms with Gasteiger partial charge >= 0.3 is 0 Å². The van der Waals surface area contributed by atoms with E-state index in [1.807, 2.05) is 13.8 Å². The Bertz CT molecular complexity index is 769. The van der Waals surface area contributed by atoms with Crippen molar-refractivity contribution in [2.24, 2.45) is 5.92 Å². The van der Waals surface area contributed by atoms with Crippen molar-refractivity contribution in [2.75, 3.05) is 13.1 Å². The van der Waals surface area contributed by atoms with E-state index in [-0.39, 0.29) is 0 Å². The molecule has 23 heavy (non-hydrogen) atoms. The monoisotopic (exact) mass is 335 g/mol. The highest BCUT2D eigenvalue weighted by molar-refractivity contribution is 7.89. The molecule has 0 aliphatic heterocycles. The number of hydrogen-bond acceptors (Lipinski definition) is 5. The number of rotatable bonds is 7. The van der Waals surface area contributed by atoms with Gasteiger partial charge in [-0.15, -0.1) is 5.10 Å². The Morgan fingerprint density at radius 1 is 1.35 bits per heavy atom. The van der Waals surface area contributed by atoms with E-state index in [1.54, 1.807) is 22.5 Å². The third-order valence-corrected chi connectivity index (χ3v) is 5.89. The molecule has 1 aliphatic carbocycles. The second-order valence-electron chi connectivity index (χ2n) is 6.01. The van der Waals surface area contributed by atoms with Crippen LogP contribution in [0, 0.1) is 12.8 Å². The predicted octanol–water partition coefficient (Wildman–Crippen LogP) is 1.78. The van der Waals surface area contributed by atoms with E-state index in [1.165, 1.54) is 11.0 Å². The minimum Gasteiger partial charge on any atom is -0.207 e. The molecule has 0 radical (unpaired) electrons. The van der Waals surface area contributed by atoms with Crippen molar-refractivity contribution in [3.63, 3.8) is 0 Å². The van der Waals surface area contributed by atoms with Gasteiger partial charge in [-0.2, -0.15) is 4.31 Å². The van der Waals surface area contributed by atoms with E-state index < -0.39 is 10.0 Å². The van der Waals surface area contributed by atoms with Gasteiger partial charge in [-0.05, 0) is 66.3 Å². The summed E-state index contributed by atoms with van der Waals surface area (Å²) in [7, 11) is -3.45.